The Kier molecular flexibility index (Phi) is 13.5. The number of carbonyl (C=O) groups is 3. The van der Waals surface area contributed by atoms with E-state index in [0.717, 1.165) is 18.5 Å². The maximum atomic E-state index is 13.8. The van der Waals surface area contributed by atoms with E-state index in [1.807, 2.05) is 48.5 Å². The third-order valence-corrected chi connectivity index (χ3v) is 8.10. The number of likely N-dealkylation sites (tertiary alicyclic amines) is 1. The van der Waals surface area contributed by atoms with Gasteiger partial charge in [-0.3, -0.25) is 9.89 Å². The van der Waals surface area contributed by atoms with Gasteiger partial charge >= 0.3 is 11.9 Å². The zero-order chi connectivity index (χ0) is 33.9. The molecule has 3 atom stereocenters. The third kappa shape index (κ3) is 9.56. The summed E-state index contributed by atoms with van der Waals surface area (Å²) in [6.07, 6.45) is 1.57. The predicted octanol–water partition coefficient (Wildman–Crippen LogP) is 6.22. The van der Waals surface area contributed by atoms with Crippen molar-refractivity contribution < 1.29 is 45.5 Å². The summed E-state index contributed by atoms with van der Waals surface area (Å²) in [7, 11) is 1.54. The first-order valence-electron chi connectivity index (χ1n) is 15.9. The van der Waals surface area contributed by atoms with Gasteiger partial charge in [-0.2, -0.15) is 0 Å². The molecule has 258 valence electrons. The molecule has 0 radical (unpaired) electrons. The fourth-order valence-electron chi connectivity index (χ4n) is 5.75. The van der Waals surface area contributed by atoms with Gasteiger partial charge < -0.3 is 30.0 Å². The van der Waals surface area contributed by atoms with Crippen molar-refractivity contribution >= 4 is 34.9 Å². The van der Waals surface area contributed by atoms with Gasteiger partial charge in [-0.05, 0) is 61.7 Å². The summed E-state index contributed by atoms with van der Waals surface area (Å²) in [5.74, 6) is -1.79. The van der Waals surface area contributed by atoms with E-state index in [0.29, 0.717) is 41.2 Å². The summed E-state index contributed by atoms with van der Waals surface area (Å²) >= 11 is 0. The molecule has 0 spiro atoms. The molecule has 1 heterocycles. The minimum Gasteiger partial charge on any atom is -0.625 e. The summed E-state index contributed by atoms with van der Waals surface area (Å²) < 4.78 is 10.5. The topological polar surface area (TPSA) is 132 Å². The second kappa shape index (κ2) is 18.0. The van der Waals surface area contributed by atoms with Gasteiger partial charge in [0.15, 0.2) is 12.1 Å². The number of esters is 1. The monoisotopic (exact) mass is 705 g/mol. The Morgan fingerprint density at radius 1 is 0.939 bits per heavy atom. The molecule has 1 aliphatic rings. The first-order chi connectivity index (χ1) is 23.4. The molecule has 1 amide bonds. The van der Waals surface area contributed by atoms with Crippen LogP contribution in [-0.2, 0) is 42.2 Å². The molecule has 1 aliphatic heterocycles. The maximum Gasteiger partial charge on any atom is 0.331 e. The molecule has 4 aromatic carbocycles. The largest absolute Gasteiger partial charge is 0.625 e. The molecule has 5 rings (SSSR count). The number of methoxy groups -OCH3 is 1. The number of hydrogen-bond donors (Lipinski definition) is 2. The summed E-state index contributed by atoms with van der Waals surface area (Å²) in [6.45, 7) is 3.13. The molecule has 1 fully saturated rings. The van der Waals surface area contributed by atoms with Crippen LogP contribution in [0, 0.1) is 0 Å². The molecular formula is C38H39N4NiO6-. The average molecular weight is 706 g/mol. The van der Waals surface area contributed by atoms with Crippen molar-refractivity contribution in [3.63, 3.8) is 0 Å². The van der Waals surface area contributed by atoms with E-state index in [4.69, 9.17) is 14.5 Å². The Balaban J connectivity index is 0.00000541. The summed E-state index contributed by atoms with van der Waals surface area (Å²) in [5.41, 5.74) is 3.29. The van der Waals surface area contributed by atoms with Crippen molar-refractivity contribution in [2.45, 2.75) is 44.4 Å². The Bertz CT molecular complexity index is 1720. The van der Waals surface area contributed by atoms with Crippen LogP contribution in [0.1, 0.15) is 36.5 Å². The maximum absolute atomic E-state index is 13.8. The number of carboxylic acids is 1. The quantitative estimate of drug-likeness (QED) is 0.0898. The van der Waals surface area contributed by atoms with E-state index in [9.17, 15) is 19.5 Å². The van der Waals surface area contributed by atoms with Gasteiger partial charge in [0.25, 0.3) is 0 Å². The molecule has 4 aromatic rings. The predicted molar refractivity (Wildman–Crippen MR) is 185 cm³/mol. The van der Waals surface area contributed by atoms with Crippen molar-refractivity contribution in [2.75, 3.05) is 25.6 Å². The zero-order valence-corrected chi connectivity index (χ0v) is 28.3. The molecule has 10 nitrogen and oxygen atoms in total. The number of aliphatic imine (C=N–C) groups is 1. The number of ether oxygens (including phenoxy) is 2. The van der Waals surface area contributed by atoms with Gasteiger partial charge in [0, 0.05) is 34.3 Å². The van der Waals surface area contributed by atoms with Crippen molar-refractivity contribution in [1.82, 2.24) is 4.90 Å². The Labute approximate surface area is 296 Å². The number of aliphatic carboxylic acids is 1. The van der Waals surface area contributed by atoms with Gasteiger partial charge in [0.05, 0.1) is 31.4 Å². The molecule has 0 saturated carbocycles. The first kappa shape index (κ1) is 36.8. The van der Waals surface area contributed by atoms with Crippen LogP contribution in [0.5, 0.6) is 5.75 Å². The standard InChI is InChI=1S/C38H40N4O6.Ni/c1-3-48-38(46)35(39-28-20-22-29(47-2)23-21-28)34(37(44)45)41-33(27-15-8-5-9-16-27)30-17-10-11-18-31(30)40-36(43)32-19-12-24-42(32)25-26-13-6-4-7-14-26;/h4-11,13-18,20-23,32,34-35,39H,3,12,19,24-25H2,1-2H3,(H2,40,41,43,44,45);/p-1. The number of anilines is 1. The van der Waals surface area contributed by atoms with Crippen molar-refractivity contribution in [2.24, 2.45) is 4.99 Å². The number of rotatable bonds is 14. The molecular weight excluding hydrogens is 667 g/mol. The van der Waals surface area contributed by atoms with E-state index in [1.54, 1.807) is 67.6 Å². The number of nitrogens with one attached hydrogen (secondary N) is 1. The SMILES string of the molecule is CCOC(=O)C(Nc1ccc(OC)cc1)C(N=C(c1ccccc1)c1ccccc1[N-]C(=O)C1CCCN1Cc1ccccc1)C(=O)O.[Ni]. The van der Waals surface area contributed by atoms with E-state index in [2.05, 4.69) is 15.5 Å². The van der Waals surface area contributed by atoms with Gasteiger partial charge in [0.2, 0.25) is 0 Å². The number of para-hydroxylation sites is 1. The molecule has 0 aromatic heterocycles. The minimum atomic E-state index is -1.61. The van der Waals surface area contributed by atoms with Crippen LogP contribution in [0.4, 0.5) is 11.4 Å². The van der Waals surface area contributed by atoms with Crippen LogP contribution in [0.25, 0.3) is 5.32 Å². The van der Waals surface area contributed by atoms with E-state index < -0.39 is 24.0 Å². The third-order valence-electron chi connectivity index (χ3n) is 8.10. The second-order valence-electron chi connectivity index (χ2n) is 11.3. The Hall–Kier alpha value is -4.99. The molecule has 1 saturated heterocycles. The van der Waals surface area contributed by atoms with Crippen LogP contribution in [0.3, 0.4) is 0 Å². The smallest absolute Gasteiger partial charge is 0.331 e. The normalized spacial score (nSPS) is 15.7. The van der Waals surface area contributed by atoms with Gasteiger partial charge in [-0.15, -0.1) is 5.69 Å². The molecule has 3 unspecified atom stereocenters. The van der Waals surface area contributed by atoms with Crippen molar-refractivity contribution in [1.29, 1.82) is 0 Å². The summed E-state index contributed by atoms with van der Waals surface area (Å²) in [4.78, 5) is 46.8. The van der Waals surface area contributed by atoms with Gasteiger partial charge in [-0.1, -0.05) is 84.9 Å². The van der Waals surface area contributed by atoms with Crippen LogP contribution in [-0.4, -0.2) is 72.0 Å². The first-order valence-corrected chi connectivity index (χ1v) is 15.9. The number of carbonyl (C=O) groups excluding carboxylic acids is 2. The van der Waals surface area contributed by atoms with Crippen molar-refractivity contribution in [3.05, 3.63) is 131 Å². The van der Waals surface area contributed by atoms with E-state index in [-0.39, 0.29) is 40.8 Å². The molecule has 0 aliphatic carbocycles. The molecule has 49 heavy (non-hydrogen) atoms. The Morgan fingerprint density at radius 2 is 1.59 bits per heavy atom. The molecule has 11 heteroatoms. The molecule has 2 N–H and O–H groups in total. The number of amides is 1. The fourth-order valence-corrected chi connectivity index (χ4v) is 5.75. The summed E-state index contributed by atoms with van der Waals surface area (Å²) in [5, 5.41) is 18.1. The Morgan fingerprint density at radius 3 is 2.24 bits per heavy atom. The van der Waals surface area contributed by atoms with Gasteiger partial charge in [0.1, 0.15) is 5.75 Å². The average Bonchev–Trinajstić information content (AvgIpc) is 3.58. The van der Waals surface area contributed by atoms with Gasteiger partial charge in [-0.25, -0.2) is 9.59 Å². The van der Waals surface area contributed by atoms with E-state index in [1.165, 1.54) is 7.11 Å². The van der Waals surface area contributed by atoms with Crippen LogP contribution in [0.2, 0.25) is 0 Å². The van der Waals surface area contributed by atoms with Crippen LogP contribution < -0.4 is 10.1 Å². The number of benzene rings is 4. The summed E-state index contributed by atoms with van der Waals surface area (Å²) in [6, 6.07) is 29.5. The van der Waals surface area contributed by atoms with Crippen LogP contribution >= 0.6 is 0 Å². The van der Waals surface area contributed by atoms with Crippen molar-refractivity contribution in [3.8, 4) is 5.75 Å². The fraction of sp³-hybridized carbons (Fsp3) is 0.263. The number of nitrogens with zero attached hydrogens (tertiary/aromatic N) is 3. The molecule has 0 bridgehead atoms. The second-order valence-corrected chi connectivity index (χ2v) is 11.3. The minimum absolute atomic E-state index is 0. The number of carboxylic acid groups (broad SMARTS) is 1. The number of hydrogen-bond acceptors (Lipinski definition) is 8. The zero-order valence-electron chi connectivity index (χ0n) is 27.3. The van der Waals surface area contributed by atoms with E-state index >= 15 is 0 Å². The van der Waals surface area contributed by atoms with Crippen LogP contribution in [0.15, 0.2) is 114 Å².